The zero-order valence-corrected chi connectivity index (χ0v) is 13.4. The monoisotopic (exact) mass is 312 g/mol. The van der Waals surface area contributed by atoms with Crippen LogP contribution in [-0.4, -0.2) is 26.6 Å². The van der Waals surface area contributed by atoms with Crippen LogP contribution in [0.4, 0.5) is 0 Å². The molecule has 1 aromatic rings. The molecule has 0 amide bonds. The first-order valence-electron chi connectivity index (χ1n) is 7.41. The molecule has 0 atom stereocenters. The maximum atomic E-state index is 12.0. The summed E-state index contributed by atoms with van der Waals surface area (Å²) in [5.74, 6) is 0.707. The van der Waals surface area contributed by atoms with Gasteiger partial charge in [0.15, 0.2) is 0 Å². The van der Waals surface area contributed by atoms with Crippen LogP contribution in [0.25, 0.3) is 0 Å². The summed E-state index contributed by atoms with van der Waals surface area (Å²) in [6, 6.07) is 6.74. The van der Waals surface area contributed by atoms with Gasteiger partial charge in [0.25, 0.3) is 0 Å². The molecule has 21 heavy (non-hydrogen) atoms. The minimum Gasteiger partial charge on any atom is -0.490 e. The number of benzene rings is 1. The Morgan fingerprint density at radius 3 is 2.24 bits per heavy atom. The van der Waals surface area contributed by atoms with E-state index in [9.17, 15) is 8.42 Å². The molecule has 6 heteroatoms. The maximum Gasteiger partial charge on any atom is 0.240 e. The predicted molar refractivity (Wildman–Crippen MR) is 82.8 cm³/mol. The first-order valence-corrected chi connectivity index (χ1v) is 8.90. The number of hydrogen-bond acceptors (Lipinski definition) is 4. The fourth-order valence-electron chi connectivity index (χ4n) is 2.47. The second-order valence-corrected chi connectivity index (χ2v) is 7.62. The quantitative estimate of drug-likeness (QED) is 0.871. The summed E-state index contributed by atoms with van der Waals surface area (Å²) in [5, 5.41) is 0. The van der Waals surface area contributed by atoms with Crippen molar-refractivity contribution in [1.82, 2.24) is 4.72 Å². The molecule has 0 aromatic heterocycles. The van der Waals surface area contributed by atoms with Gasteiger partial charge in [-0.25, -0.2) is 13.1 Å². The van der Waals surface area contributed by atoms with E-state index in [1.807, 2.05) is 0 Å². The van der Waals surface area contributed by atoms with Crippen molar-refractivity contribution in [3.05, 3.63) is 24.3 Å². The molecule has 2 rings (SSSR count). The molecule has 1 fully saturated rings. The molecule has 0 heterocycles. The SMILES string of the molecule is CC(C)NS(=O)(=O)c1ccc(OC2CCC(N)CC2)cc1. The first-order chi connectivity index (χ1) is 9.87. The average Bonchev–Trinajstić information content (AvgIpc) is 2.41. The minimum atomic E-state index is -3.44. The standard InChI is InChI=1S/C15H24N2O3S/c1-11(2)17-21(18,19)15-9-7-14(8-10-15)20-13-5-3-12(16)4-6-13/h7-13,17H,3-6,16H2,1-2H3. The van der Waals surface area contributed by atoms with E-state index in [0.717, 1.165) is 25.7 Å². The van der Waals surface area contributed by atoms with Gasteiger partial charge in [-0.2, -0.15) is 0 Å². The summed E-state index contributed by atoms with van der Waals surface area (Å²) in [4.78, 5) is 0.259. The van der Waals surface area contributed by atoms with Crippen molar-refractivity contribution in [2.75, 3.05) is 0 Å². The molecule has 5 nitrogen and oxygen atoms in total. The van der Waals surface area contributed by atoms with Crippen LogP contribution in [-0.2, 0) is 10.0 Å². The van der Waals surface area contributed by atoms with Crippen LogP contribution in [0.5, 0.6) is 5.75 Å². The Hall–Kier alpha value is -1.11. The minimum absolute atomic E-state index is 0.127. The maximum absolute atomic E-state index is 12.0. The van der Waals surface area contributed by atoms with Crippen LogP contribution >= 0.6 is 0 Å². The van der Waals surface area contributed by atoms with Gasteiger partial charge in [0.2, 0.25) is 10.0 Å². The van der Waals surface area contributed by atoms with Crippen molar-refractivity contribution >= 4 is 10.0 Å². The lowest BCUT2D eigenvalue weighted by molar-refractivity contribution is 0.147. The van der Waals surface area contributed by atoms with E-state index in [-0.39, 0.29) is 17.0 Å². The van der Waals surface area contributed by atoms with E-state index in [1.54, 1.807) is 38.1 Å². The molecule has 0 bridgehead atoms. The molecule has 1 saturated carbocycles. The zero-order valence-electron chi connectivity index (χ0n) is 12.6. The number of ether oxygens (including phenoxy) is 1. The summed E-state index contributed by atoms with van der Waals surface area (Å²) in [6.45, 7) is 3.59. The van der Waals surface area contributed by atoms with Crippen molar-refractivity contribution in [3.8, 4) is 5.75 Å². The van der Waals surface area contributed by atoms with Gasteiger partial charge in [-0.15, -0.1) is 0 Å². The van der Waals surface area contributed by atoms with E-state index in [2.05, 4.69) is 4.72 Å². The Morgan fingerprint density at radius 1 is 1.14 bits per heavy atom. The van der Waals surface area contributed by atoms with Crippen LogP contribution in [0.3, 0.4) is 0 Å². The molecule has 118 valence electrons. The lowest BCUT2D eigenvalue weighted by atomic mass is 9.94. The summed E-state index contributed by atoms with van der Waals surface area (Å²) in [7, 11) is -3.44. The third kappa shape index (κ3) is 4.69. The van der Waals surface area contributed by atoms with Crippen LogP contribution in [0.2, 0.25) is 0 Å². The van der Waals surface area contributed by atoms with Gasteiger partial charge in [0, 0.05) is 12.1 Å². The van der Waals surface area contributed by atoms with Gasteiger partial charge in [-0.1, -0.05) is 0 Å². The van der Waals surface area contributed by atoms with E-state index in [1.165, 1.54) is 0 Å². The second-order valence-electron chi connectivity index (χ2n) is 5.90. The molecule has 1 aromatic carbocycles. The molecule has 0 unspecified atom stereocenters. The summed E-state index contributed by atoms with van der Waals surface area (Å²) in [6.07, 6.45) is 4.05. The fraction of sp³-hybridized carbons (Fsp3) is 0.600. The van der Waals surface area contributed by atoms with Gasteiger partial charge in [0.1, 0.15) is 5.75 Å². The lowest BCUT2D eigenvalue weighted by Gasteiger charge is -2.26. The fourth-order valence-corrected chi connectivity index (χ4v) is 3.73. The molecule has 3 N–H and O–H groups in total. The smallest absolute Gasteiger partial charge is 0.240 e. The lowest BCUT2D eigenvalue weighted by Crippen LogP contribution is -2.31. The molecule has 0 spiro atoms. The highest BCUT2D eigenvalue weighted by Gasteiger charge is 2.20. The van der Waals surface area contributed by atoms with E-state index >= 15 is 0 Å². The Morgan fingerprint density at radius 2 is 1.71 bits per heavy atom. The molecule has 0 radical (unpaired) electrons. The van der Waals surface area contributed by atoms with Crippen LogP contribution in [0.1, 0.15) is 39.5 Å². The molecular weight excluding hydrogens is 288 g/mol. The van der Waals surface area contributed by atoms with Crippen molar-refractivity contribution in [2.24, 2.45) is 5.73 Å². The first kappa shape index (κ1) is 16.3. The van der Waals surface area contributed by atoms with E-state index in [4.69, 9.17) is 10.5 Å². The molecule has 0 aliphatic heterocycles. The number of nitrogens with two attached hydrogens (primary N) is 1. The topological polar surface area (TPSA) is 81.4 Å². The Labute approximate surface area is 126 Å². The van der Waals surface area contributed by atoms with Gasteiger partial charge >= 0.3 is 0 Å². The summed E-state index contributed by atoms with van der Waals surface area (Å²) < 4.78 is 32.5. The molecule has 1 aliphatic rings. The average molecular weight is 312 g/mol. The van der Waals surface area contributed by atoms with Crippen molar-refractivity contribution in [2.45, 2.75) is 62.6 Å². The van der Waals surface area contributed by atoms with Gasteiger partial charge in [-0.05, 0) is 63.8 Å². The third-order valence-corrected chi connectivity index (χ3v) is 5.22. The molecule has 1 aliphatic carbocycles. The van der Waals surface area contributed by atoms with E-state index in [0.29, 0.717) is 11.8 Å². The Kier molecular flexibility index (Phi) is 5.24. The number of nitrogens with one attached hydrogen (secondary N) is 1. The van der Waals surface area contributed by atoms with Crippen LogP contribution in [0.15, 0.2) is 29.2 Å². The zero-order chi connectivity index (χ0) is 15.5. The largest absolute Gasteiger partial charge is 0.490 e. The third-order valence-electron chi connectivity index (χ3n) is 3.55. The van der Waals surface area contributed by atoms with Crippen molar-refractivity contribution < 1.29 is 13.2 Å². The number of sulfonamides is 1. The summed E-state index contributed by atoms with van der Waals surface area (Å²) >= 11 is 0. The summed E-state index contributed by atoms with van der Waals surface area (Å²) in [5.41, 5.74) is 5.87. The highest BCUT2D eigenvalue weighted by Crippen LogP contribution is 2.24. The van der Waals surface area contributed by atoms with Gasteiger partial charge in [-0.3, -0.25) is 0 Å². The highest BCUT2D eigenvalue weighted by atomic mass is 32.2. The molecular formula is C15H24N2O3S. The van der Waals surface area contributed by atoms with Crippen LogP contribution < -0.4 is 15.2 Å². The second kappa shape index (κ2) is 6.77. The van der Waals surface area contributed by atoms with Gasteiger partial charge in [0.05, 0.1) is 11.0 Å². The van der Waals surface area contributed by atoms with Gasteiger partial charge < -0.3 is 10.5 Å². The van der Waals surface area contributed by atoms with Crippen LogP contribution in [0, 0.1) is 0 Å². The predicted octanol–water partition coefficient (Wildman–Crippen LogP) is 2.02. The Balaban J connectivity index is 1.99. The highest BCUT2D eigenvalue weighted by molar-refractivity contribution is 7.89. The van der Waals surface area contributed by atoms with Crippen molar-refractivity contribution in [3.63, 3.8) is 0 Å². The number of rotatable bonds is 5. The van der Waals surface area contributed by atoms with Crippen molar-refractivity contribution in [1.29, 1.82) is 0 Å². The Bertz CT molecular complexity index is 547. The van der Waals surface area contributed by atoms with E-state index < -0.39 is 10.0 Å². The molecule has 0 saturated heterocycles. The number of hydrogen-bond donors (Lipinski definition) is 2. The normalized spacial score (nSPS) is 23.2.